The minimum atomic E-state index is -0.180. The zero-order chi connectivity index (χ0) is 24.8. The molecule has 0 unspecified atom stereocenters. The maximum atomic E-state index is 14.2. The first kappa shape index (κ1) is 25.0. The van der Waals surface area contributed by atoms with E-state index in [1.807, 2.05) is 50.2 Å². The number of piperazine rings is 1. The zero-order valence-corrected chi connectivity index (χ0v) is 21.3. The monoisotopic (exact) mass is 493 g/mol. The number of aryl methyl sites for hydroxylation is 1. The first-order valence-electron chi connectivity index (χ1n) is 12.1. The summed E-state index contributed by atoms with van der Waals surface area (Å²) in [6.07, 6.45) is 0.823. The number of thioether (sulfide) groups is 1. The number of benzene rings is 2. The van der Waals surface area contributed by atoms with Gasteiger partial charge in [-0.3, -0.25) is 4.79 Å². The summed E-state index contributed by atoms with van der Waals surface area (Å²) in [6.45, 7) is 9.01. The van der Waals surface area contributed by atoms with Gasteiger partial charge in [-0.25, -0.2) is 14.4 Å². The van der Waals surface area contributed by atoms with E-state index in [4.69, 9.17) is 9.97 Å². The van der Waals surface area contributed by atoms with Crippen molar-refractivity contribution < 1.29 is 9.18 Å². The molecule has 4 rings (SSSR count). The summed E-state index contributed by atoms with van der Waals surface area (Å²) in [6, 6.07) is 16.8. The van der Waals surface area contributed by atoms with E-state index in [2.05, 4.69) is 28.1 Å². The molecule has 0 radical (unpaired) electrons. The quantitative estimate of drug-likeness (QED) is 0.355. The van der Waals surface area contributed by atoms with Gasteiger partial charge < -0.3 is 15.1 Å². The number of aromatic nitrogens is 2. The molecule has 3 aromatic rings. The number of carbonyl (C=O) groups excluding carboxylic acids is 1. The molecular formula is C27H32FN5OS. The summed E-state index contributed by atoms with van der Waals surface area (Å²) >= 11 is 1.57. The third kappa shape index (κ3) is 6.51. The second-order valence-corrected chi connectivity index (χ2v) is 9.84. The van der Waals surface area contributed by atoms with Crippen molar-refractivity contribution in [2.45, 2.75) is 44.1 Å². The number of amides is 1. The van der Waals surface area contributed by atoms with Gasteiger partial charge in [-0.2, -0.15) is 0 Å². The lowest BCUT2D eigenvalue weighted by Gasteiger charge is -2.37. The number of hydrogen-bond acceptors (Lipinski definition) is 6. The molecule has 1 aromatic heterocycles. The smallest absolute Gasteiger partial charge is 0.251 e. The molecule has 0 bridgehead atoms. The zero-order valence-electron chi connectivity index (χ0n) is 20.5. The summed E-state index contributed by atoms with van der Waals surface area (Å²) in [5.74, 6) is 1.35. The maximum absolute atomic E-state index is 14.2. The van der Waals surface area contributed by atoms with Gasteiger partial charge in [-0.1, -0.05) is 43.0 Å². The van der Waals surface area contributed by atoms with Crippen LogP contribution in [-0.2, 0) is 12.2 Å². The van der Waals surface area contributed by atoms with Gasteiger partial charge in [0.15, 0.2) is 5.16 Å². The Morgan fingerprint density at radius 2 is 1.77 bits per heavy atom. The molecule has 8 heteroatoms. The Hall–Kier alpha value is -3.13. The lowest BCUT2D eigenvalue weighted by molar-refractivity contribution is 0.0943. The molecule has 184 valence electrons. The molecule has 0 atom stereocenters. The fourth-order valence-corrected chi connectivity index (χ4v) is 4.86. The van der Waals surface area contributed by atoms with Crippen molar-refractivity contribution in [3.63, 3.8) is 0 Å². The van der Waals surface area contributed by atoms with Gasteiger partial charge in [0.05, 0.1) is 5.69 Å². The number of halogens is 1. The molecule has 2 heterocycles. The molecule has 1 aliphatic rings. The van der Waals surface area contributed by atoms with Gasteiger partial charge >= 0.3 is 0 Å². The van der Waals surface area contributed by atoms with Crippen LogP contribution in [0.4, 0.5) is 15.9 Å². The van der Waals surface area contributed by atoms with E-state index in [9.17, 15) is 9.18 Å². The van der Waals surface area contributed by atoms with Gasteiger partial charge in [0.1, 0.15) is 11.6 Å². The van der Waals surface area contributed by atoms with Crippen molar-refractivity contribution in [1.29, 1.82) is 0 Å². The molecule has 2 aromatic carbocycles. The van der Waals surface area contributed by atoms with Crippen LogP contribution >= 0.6 is 11.8 Å². The van der Waals surface area contributed by atoms with E-state index >= 15 is 0 Å². The molecule has 0 spiro atoms. The van der Waals surface area contributed by atoms with Crippen molar-refractivity contribution in [3.05, 3.63) is 77.2 Å². The van der Waals surface area contributed by atoms with Crippen LogP contribution in [0.2, 0.25) is 0 Å². The van der Waals surface area contributed by atoms with Crippen molar-refractivity contribution in [2.75, 3.05) is 36.0 Å². The van der Waals surface area contributed by atoms with Gasteiger partial charge in [0.2, 0.25) is 0 Å². The van der Waals surface area contributed by atoms with Crippen molar-refractivity contribution in [3.8, 4) is 0 Å². The number of anilines is 2. The third-order valence-electron chi connectivity index (χ3n) is 5.88. The van der Waals surface area contributed by atoms with Crippen molar-refractivity contribution in [1.82, 2.24) is 15.3 Å². The van der Waals surface area contributed by atoms with Gasteiger partial charge in [-0.05, 0) is 50.1 Å². The predicted molar refractivity (Wildman–Crippen MR) is 141 cm³/mol. The summed E-state index contributed by atoms with van der Waals surface area (Å²) in [5, 5.41) is 3.66. The molecule has 1 aliphatic heterocycles. The summed E-state index contributed by atoms with van der Waals surface area (Å²) < 4.78 is 14.2. The third-order valence-corrected chi connectivity index (χ3v) is 6.80. The van der Waals surface area contributed by atoms with E-state index in [0.29, 0.717) is 17.0 Å². The summed E-state index contributed by atoms with van der Waals surface area (Å²) in [4.78, 5) is 26.2. The highest BCUT2D eigenvalue weighted by Gasteiger charge is 2.21. The van der Waals surface area contributed by atoms with Gasteiger partial charge in [-0.15, -0.1) is 0 Å². The summed E-state index contributed by atoms with van der Waals surface area (Å²) in [5.41, 5.74) is 3.37. The maximum Gasteiger partial charge on any atom is 0.251 e. The standard InChI is InChI=1S/C27H32FN5OS/c1-4-22-17-25(33-14-12-32(13-15-33)24-11-6-5-10-23(24)28)31-27(30-22)35-18-20-8-7-9-21(16-20)26(34)29-19(2)3/h5-11,16-17,19H,4,12-15,18H2,1-3H3,(H,29,34). The number of nitrogens with zero attached hydrogens (tertiary/aromatic N) is 4. The van der Waals surface area contributed by atoms with E-state index in [0.717, 1.165) is 54.8 Å². The van der Waals surface area contributed by atoms with Crippen LogP contribution in [0.15, 0.2) is 59.8 Å². The van der Waals surface area contributed by atoms with Gasteiger partial charge in [0.25, 0.3) is 5.91 Å². The van der Waals surface area contributed by atoms with Crippen LogP contribution in [0.5, 0.6) is 0 Å². The molecule has 0 aliphatic carbocycles. The second-order valence-electron chi connectivity index (χ2n) is 8.90. The Bertz CT molecular complexity index is 1160. The number of hydrogen-bond donors (Lipinski definition) is 1. The van der Waals surface area contributed by atoms with E-state index in [-0.39, 0.29) is 17.8 Å². The summed E-state index contributed by atoms with van der Waals surface area (Å²) in [7, 11) is 0. The molecule has 1 N–H and O–H groups in total. The Morgan fingerprint density at radius 1 is 1.03 bits per heavy atom. The van der Waals surface area contributed by atoms with Crippen LogP contribution in [-0.4, -0.2) is 48.1 Å². The van der Waals surface area contributed by atoms with Crippen LogP contribution in [0, 0.1) is 5.82 Å². The molecule has 1 amide bonds. The number of carbonyl (C=O) groups is 1. The molecule has 1 fully saturated rings. The van der Waals surface area contributed by atoms with Crippen LogP contribution < -0.4 is 15.1 Å². The molecule has 6 nitrogen and oxygen atoms in total. The number of rotatable bonds is 8. The Kier molecular flexibility index (Phi) is 8.23. The van der Waals surface area contributed by atoms with E-state index < -0.39 is 0 Å². The average Bonchev–Trinajstić information content (AvgIpc) is 2.87. The minimum absolute atomic E-state index is 0.0621. The SMILES string of the molecule is CCc1cc(N2CCN(c3ccccc3F)CC2)nc(SCc2cccc(C(=O)NC(C)C)c2)n1. The molecule has 0 saturated carbocycles. The Labute approximate surface area is 211 Å². The van der Waals surface area contributed by atoms with E-state index in [1.165, 1.54) is 6.07 Å². The highest BCUT2D eigenvalue weighted by Crippen LogP contribution is 2.26. The van der Waals surface area contributed by atoms with Crippen molar-refractivity contribution >= 4 is 29.2 Å². The lowest BCUT2D eigenvalue weighted by atomic mass is 10.1. The number of nitrogens with one attached hydrogen (secondary N) is 1. The molecular weight excluding hydrogens is 461 g/mol. The second kappa shape index (κ2) is 11.5. The van der Waals surface area contributed by atoms with Crippen molar-refractivity contribution in [2.24, 2.45) is 0 Å². The fourth-order valence-electron chi connectivity index (χ4n) is 4.05. The van der Waals surface area contributed by atoms with Crippen LogP contribution in [0.3, 0.4) is 0 Å². The Balaban J connectivity index is 1.42. The largest absolute Gasteiger partial charge is 0.366 e. The van der Waals surface area contributed by atoms with Gasteiger partial charge in [0, 0.05) is 55.3 Å². The minimum Gasteiger partial charge on any atom is -0.366 e. The molecule has 1 saturated heterocycles. The first-order valence-corrected chi connectivity index (χ1v) is 13.1. The highest BCUT2D eigenvalue weighted by molar-refractivity contribution is 7.98. The fraction of sp³-hybridized carbons (Fsp3) is 0.370. The topological polar surface area (TPSA) is 61.4 Å². The first-order chi connectivity index (χ1) is 16.9. The molecule has 35 heavy (non-hydrogen) atoms. The normalized spacial score (nSPS) is 13.9. The lowest BCUT2D eigenvalue weighted by Crippen LogP contribution is -2.47. The number of para-hydroxylation sites is 1. The van der Waals surface area contributed by atoms with Crippen LogP contribution in [0.1, 0.15) is 42.4 Å². The highest BCUT2D eigenvalue weighted by atomic mass is 32.2. The van der Waals surface area contributed by atoms with Crippen LogP contribution in [0.25, 0.3) is 0 Å². The predicted octanol–water partition coefficient (Wildman–Crippen LogP) is 4.94. The average molecular weight is 494 g/mol. The van der Waals surface area contributed by atoms with E-state index in [1.54, 1.807) is 17.8 Å². The Morgan fingerprint density at radius 3 is 2.49 bits per heavy atom.